The predicted molar refractivity (Wildman–Crippen MR) is 93.9 cm³/mol. The maximum atomic E-state index is 12.6. The first kappa shape index (κ1) is 14.9. The van der Waals surface area contributed by atoms with Crippen LogP contribution < -0.4 is 5.32 Å². The normalized spacial score (nSPS) is 10.8. The van der Waals surface area contributed by atoms with Gasteiger partial charge in [-0.3, -0.25) is 9.78 Å². The summed E-state index contributed by atoms with van der Waals surface area (Å²) in [5.74, 6) is 0.341. The molecule has 4 rings (SSSR count). The smallest absolute Gasteiger partial charge is 0.275 e. The molecule has 1 amide bonds. The highest BCUT2D eigenvalue weighted by Gasteiger charge is 2.14. The number of aryl methyl sites for hydroxylation is 1. The third kappa shape index (κ3) is 2.83. The maximum Gasteiger partial charge on any atom is 0.275 e. The molecular weight excluding hydrogens is 316 g/mol. The summed E-state index contributed by atoms with van der Waals surface area (Å²) < 4.78 is 1.79. The van der Waals surface area contributed by atoms with Gasteiger partial charge in [-0.15, -0.1) is 10.2 Å². The third-order valence-electron chi connectivity index (χ3n) is 3.81. The number of benzene rings is 2. The van der Waals surface area contributed by atoms with E-state index >= 15 is 0 Å². The van der Waals surface area contributed by atoms with Gasteiger partial charge >= 0.3 is 0 Å². The van der Waals surface area contributed by atoms with Gasteiger partial charge in [0.15, 0.2) is 5.82 Å². The van der Waals surface area contributed by atoms with Crippen molar-refractivity contribution in [3.05, 3.63) is 66.7 Å². The largest absolute Gasteiger partial charge is 0.320 e. The lowest BCUT2D eigenvalue weighted by Crippen LogP contribution is -2.15. The third-order valence-corrected chi connectivity index (χ3v) is 3.81. The molecule has 7 nitrogen and oxygen atoms in total. The first-order chi connectivity index (χ1) is 12.2. The minimum absolute atomic E-state index is 0.256. The quantitative estimate of drug-likeness (QED) is 0.624. The summed E-state index contributed by atoms with van der Waals surface area (Å²) in [6, 6.07) is 14.9. The molecule has 2 aromatic carbocycles. The van der Waals surface area contributed by atoms with E-state index < -0.39 is 0 Å². The van der Waals surface area contributed by atoms with Crippen molar-refractivity contribution in [1.29, 1.82) is 0 Å². The Labute approximate surface area is 143 Å². The summed E-state index contributed by atoms with van der Waals surface area (Å²) in [4.78, 5) is 21.3. The van der Waals surface area contributed by atoms with E-state index in [-0.39, 0.29) is 11.6 Å². The van der Waals surface area contributed by atoms with E-state index in [1.54, 1.807) is 10.9 Å². The van der Waals surface area contributed by atoms with Crippen LogP contribution in [0.4, 0.5) is 5.69 Å². The van der Waals surface area contributed by atoms with E-state index in [1.165, 1.54) is 6.20 Å². The molecule has 0 aliphatic heterocycles. The number of para-hydroxylation sites is 3. The van der Waals surface area contributed by atoms with E-state index in [2.05, 4.69) is 25.5 Å². The lowest BCUT2D eigenvalue weighted by Gasteiger charge is -2.10. The van der Waals surface area contributed by atoms with Crippen LogP contribution in [0, 0.1) is 0 Å². The van der Waals surface area contributed by atoms with Crippen molar-refractivity contribution in [1.82, 2.24) is 24.7 Å². The number of hydrogen-bond donors (Lipinski definition) is 1. The molecule has 0 aliphatic rings. The highest BCUT2D eigenvalue weighted by atomic mass is 16.1. The van der Waals surface area contributed by atoms with Gasteiger partial charge in [0.2, 0.25) is 0 Å². The summed E-state index contributed by atoms with van der Waals surface area (Å²) >= 11 is 0. The monoisotopic (exact) mass is 330 g/mol. The highest BCUT2D eigenvalue weighted by Crippen LogP contribution is 2.26. The second kappa shape index (κ2) is 6.12. The summed E-state index contributed by atoms with van der Waals surface area (Å²) in [6.45, 7) is 0. The molecule has 0 saturated carbocycles. The molecule has 0 aliphatic carbocycles. The fourth-order valence-corrected chi connectivity index (χ4v) is 2.57. The summed E-state index contributed by atoms with van der Waals surface area (Å²) in [5, 5.41) is 10.9. The van der Waals surface area contributed by atoms with Gasteiger partial charge in [0.05, 0.1) is 22.9 Å². The first-order valence-electron chi connectivity index (χ1n) is 7.69. The van der Waals surface area contributed by atoms with Crippen molar-refractivity contribution in [3.63, 3.8) is 0 Å². The van der Waals surface area contributed by atoms with Crippen molar-refractivity contribution in [2.75, 3.05) is 5.32 Å². The molecule has 0 fully saturated rings. The molecule has 0 saturated heterocycles. The molecule has 122 valence electrons. The van der Waals surface area contributed by atoms with Crippen LogP contribution in [0.25, 0.3) is 22.4 Å². The SMILES string of the molecule is Cn1cnnc1-c1ccccc1NC(=O)c1cnc2ccccc2n1. The van der Waals surface area contributed by atoms with Gasteiger partial charge < -0.3 is 9.88 Å². The Morgan fingerprint density at radius 1 is 1.04 bits per heavy atom. The van der Waals surface area contributed by atoms with Crippen LogP contribution >= 0.6 is 0 Å². The van der Waals surface area contributed by atoms with Crippen molar-refractivity contribution in [3.8, 4) is 11.4 Å². The number of nitrogens with zero attached hydrogens (tertiary/aromatic N) is 5. The Hall–Kier alpha value is -3.61. The number of aromatic nitrogens is 5. The highest BCUT2D eigenvalue weighted by molar-refractivity contribution is 6.05. The van der Waals surface area contributed by atoms with E-state index in [9.17, 15) is 4.79 Å². The van der Waals surface area contributed by atoms with Gasteiger partial charge in [-0.2, -0.15) is 0 Å². The Bertz CT molecular complexity index is 1070. The number of hydrogen-bond acceptors (Lipinski definition) is 5. The van der Waals surface area contributed by atoms with Gasteiger partial charge in [0.25, 0.3) is 5.91 Å². The average Bonchev–Trinajstić information content (AvgIpc) is 3.07. The molecule has 0 unspecified atom stereocenters. The first-order valence-corrected chi connectivity index (χ1v) is 7.69. The van der Waals surface area contributed by atoms with Crippen LogP contribution in [0.15, 0.2) is 61.1 Å². The Balaban J connectivity index is 1.68. The molecule has 1 N–H and O–H groups in total. The molecule has 7 heteroatoms. The zero-order chi connectivity index (χ0) is 17.2. The number of fused-ring (bicyclic) bond motifs is 1. The van der Waals surface area contributed by atoms with E-state index in [1.807, 2.05) is 55.6 Å². The number of amides is 1. The second-order valence-electron chi connectivity index (χ2n) is 5.51. The molecule has 25 heavy (non-hydrogen) atoms. The molecule has 0 spiro atoms. The number of rotatable bonds is 3. The number of nitrogens with one attached hydrogen (secondary N) is 1. The van der Waals surface area contributed by atoms with Crippen LogP contribution in [0.3, 0.4) is 0 Å². The summed E-state index contributed by atoms with van der Waals surface area (Å²) in [6.07, 6.45) is 3.09. The Kier molecular flexibility index (Phi) is 3.66. The van der Waals surface area contributed by atoms with Crippen LogP contribution in [0.5, 0.6) is 0 Å². The molecule has 2 aromatic heterocycles. The van der Waals surface area contributed by atoms with Gasteiger partial charge in [0.1, 0.15) is 12.0 Å². The molecule has 2 heterocycles. The van der Waals surface area contributed by atoms with Gasteiger partial charge in [-0.1, -0.05) is 24.3 Å². The van der Waals surface area contributed by atoms with Crippen molar-refractivity contribution in [2.24, 2.45) is 7.05 Å². The van der Waals surface area contributed by atoms with Crippen LogP contribution in [-0.2, 0) is 7.05 Å². The zero-order valence-electron chi connectivity index (χ0n) is 13.4. The molecule has 0 bridgehead atoms. The van der Waals surface area contributed by atoms with E-state index in [0.717, 1.165) is 11.1 Å². The molecule has 0 radical (unpaired) electrons. The fraction of sp³-hybridized carbons (Fsp3) is 0.0556. The van der Waals surface area contributed by atoms with Crippen molar-refractivity contribution < 1.29 is 4.79 Å². The van der Waals surface area contributed by atoms with E-state index in [0.29, 0.717) is 17.0 Å². The zero-order valence-corrected chi connectivity index (χ0v) is 13.4. The van der Waals surface area contributed by atoms with Crippen LogP contribution in [0.2, 0.25) is 0 Å². The number of carbonyl (C=O) groups is 1. The molecular formula is C18H14N6O. The number of anilines is 1. The van der Waals surface area contributed by atoms with E-state index in [4.69, 9.17) is 0 Å². The van der Waals surface area contributed by atoms with Crippen molar-refractivity contribution in [2.45, 2.75) is 0 Å². The summed E-state index contributed by atoms with van der Waals surface area (Å²) in [5.41, 5.74) is 3.10. The Morgan fingerprint density at radius 2 is 1.80 bits per heavy atom. The standard InChI is InChI=1S/C18H14N6O/c1-24-11-20-23-17(24)12-6-2-3-7-13(12)22-18(25)16-10-19-14-8-4-5-9-15(14)21-16/h2-11H,1H3,(H,22,25). The lowest BCUT2D eigenvalue weighted by molar-refractivity contribution is 0.102. The average molecular weight is 330 g/mol. The van der Waals surface area contributed by atoms with Gasteiger partial charge in [-0.25, -0.2) is 4.98 Å². The minimum atomic E-state index is -0.326. The molecule has 4 aromatic rings. The molecule has 0 atom stereocenters. The van der Waals surface area contributed by atoms with Gasteiger partial charge in [-0.05, 0) is 24.3 Å². The second-order valence-corrected chi connectivity index (χ2v) is 5.51. The fourth-order valence-electron chi connectivity index (χ4n) is 2.57. The van der Waals surface area contributed by atoms with Crippen LogP contribution in [-0.4, -0.2) is 30.6 Å². The minimum Gasteiger partial charge on any atom is -0.320 e. The maximum absolute atomic E-state index is 12.6. The van der Waals surface area contributed by atoms with Crippen molar-refractivity contribution >= 4 is 22.6 Å². The topological polar surface area (TPSA) is 85.6 Å². The predicted octanol–water partition coefficient (Wildman–Crippen LogP) is 2.68. The van der Waals surface area contributed by atoms with Gasteiger partial charge in [0, 0.05) is 12.6 Å². The summed E-state index contributed by atoms with van der Waals surface area (Å²) in [7, 11) is 1.85. The Morgan fingerprint density at radius 3 is 2.60 bits per heavy atom. The lowest BCUT2D eigenvalue weighted by atomic mass is 10.1. The number of carbonyl (C=O) groups excluding carboxylic acids is 1. The van der Waals surface area contributed by atoms with Crippen LogP contribution in [0.1, 0.15) is 10.5 Å².